The van der Waals surface area contributed by atoms with Gasteiger partial charge in [-0.3, -0.25) is 28.8 Å². The molecule has 25 aliphatic rings. The summed E-state index contributed by atoms with van der Waals surface area (Å²) < 4.78 is 9.83. The summed E-state index contributed by atoms with van der Waals surface area (Å²) in [6.07, 6.45) is 42.7. The van der Waals surface area contributed by atoms with Crippen LogP contribution in [0.4, 0.5) is 0 Å². The van der Waals surface area contributed by atoms with Crippen LogP contribution >= 0.6 is 0 Å². The zero-order chi connectivity index (χ0) is 82.6. The number of hydrogen-bond donors (Lipinski definition) is 8. The van der Waals surface area contributed by atoms with Gasteiger partial charge in [-0.2, -0.15) is 0 Å². The normalized spacial score (nSPS) is 51.6. The van der Waals surface area contributed by atoms with E-state index in [0.717, 1.165) is 120 Å². The lowest BCUT2D eigenvalue weighted by Crippen LogP contribution is -2.69. The highest BCUT2D eigenvalue weighted by atomic mass is 16.5. The lowest BCUT2D eigenvalue weighted by molar-refractivity contribution is -0.238. The quantitative estimate of drug-likeness (QED) is 0.0263. The molecule has 9 N–H and O–H groups in total. The van der Waals surface area contributed by atoms with Gasteiger partial charge in [0, 0.05) is 11.5 Å². The Morgan fingerprint density at radius 2 is 0.770 bits per heavy atom. The number of carbonyl (C=O) groups is 6. The third-order valence-corrected chi connectivity index (χ3v) is 35.9. The standard InChI is InChI=1S/C18H31BN2O4.C15H23N3O2.C15H24O3.2C15H24O2.C14H22O2/c1-15-6-16(2)8-17(7-15,11-18(23,9-15)10-16)13(20)14(22)21-5-3-4-12(21)19(24)25;1-13-4-10-5-14(2,7-13)9-15(6-10,8-13)11(17-18-16)12(19)20-3;1-10(11(16)17)14-5-12(2)4-13(3,6-14)8-15(18,7-12)9-14;1-13-4-11-5-14(2,8-13)10-15(6-11,9-13)7-12(16)17-3;1-10(12(16)17)15-6-11-4-13(2,8-15)7-14(3,5-11)9-15;1-12-3-10-4-13(2,7-12)9-14(5-10,8-12)6-11(15)16/h12-13,23-25H,3-11,20H2,1-2H3;10-11H,4-9H2,1-3H3;10,18H,4-9H2,1-3H3,(H,16,17);11H,4-10H2,1-3H3;10-11H,4-9H2,1-3H3,(H,16,17);10H,3-9H2,1-2H3,(H,15,16)/t12-,13+,15?,16?,17?,18?;;;;;/m0...../s1. The molecule has 25 fully saturated rings. The van der Waals surface area contributed by atoms with Crippen LogP contribution in [0, 0.1) is 133 Å². The van der Waals surface area contributed by atoms with Crippen LogP contribution in [-0.2, 0) is 38.2 Å². The molecule has 24 bridgehead atoms. The molecule has 24 aliphatic carbocycles. The van der Waals surface area contributed by atoms with E-state index in [-0.39, 0.29) is 83.8 Å². The van der Waals surface area contributed by atoms with E-state index >= 15 is 0 Å². The lowest BCUT2D eigenvalue weighted by atomic mass is 9.37. The number of carbonyl (C=O) groups excluding carboxylic acids is 3. The minimum absolute atomic E-state index is 0.000787. The largest absolute Gasteiger partial charge is 0.481 e. The monoisotopic (exact) mass is 1570 g/mol. The molecule has 0 aromatic carbocycles. The topological polar surface area (TPSA) is 341 Å². The highest BCUT2D eigenvalue weighted by Crippen LogP contribution is 2.78. The Bertz CT molecular complexity index is 3650. The number of methoxy groups -OCH3 is 2. The van der Waals surface area contributed by atoms with Crippen molar-refractivity contribution in [3.63, 3.8) is 0 Å². The number of carboxylic acid groups (broad SMARTS) is 3. The first-order valence-electron chi connectivity index (χ1n) is 44.6. The number of azide groups is 1. The van der Waals surface area contributed by atoms with Gasteiger partial charge in [0.2, 0.25) is 5.91 Å². The average Bonchev–Trinajstić information content (AvgIpc) is 0.915. The van der Waals surface area contributed by atoms with Crippen molar-refractivity contribution in [3.05, 3.63) is 10.4 Å². The number of esters is 2. The molecule has 25 rings (SSSR count). The van der Waals surface area contributed by atoms with Gasteiger partial charge in [0.15, 0.2) is 0 Å². The molecule has 634 valence electrons. The summed E-state index contributed by atoms with van der Waals surface area (Å²) in [7, 11) is 1.38. The van der Waals surface area contributed by atoms with Crippen LogP contribution in [0.2, 0.25) is 0 Å². The number of amides is 1. The number of ether oxygens (including phenoxy) is 2. The van der Waals surface area contributed by atoms with Crippen molar-refractivity contribution in [1.29, 1.82) is 0 Å². The molecule has 0 aromatic rings. The van der Waals surface area contributed by atoms with Crippen LogP contribution in [0.25, 0.3) is 10.4 Å². The minimum Gasteiger partial charge on any atom is -0.481 e. The zero-order valence-corrected chi connectivity index (χ0v) is 72.5. The molecule has 0 spiro atoms. The maximum atomic E-state index is 13.2. The summed E-state index contributed by atoms with van der Waals surface area (Å²) in [5.41, 5.74) is 17.6. The lowest BCUT2D eigenvalue weighted by Gasteiger charge is -2.69. The summed E-state index contributed by atoms with van der Waals surface area (Å²) in [5, 5.41) is 73.0. The van der Waals surface area contributed by atoms with Gasteiger partial charge in [-0.25, -0.2) is 0 Å². The van der Waals surface area contributed by atoms with E-state index < -0.39 is 54.3 Å². The number of hydrogen-bond acceptors (Lipinski definition) is 14. The summed E-state index contributed by atoms with van der Waals surface area (Å²) in [6.45, 7) is 32.4. The van der Waals surface area contributed by atoms with E-state index in [1.54, 1.807) is 4.90 Å². The number of aliphatic carboxylic acids is 3. The fourth-order valence-electron chi connectivity index (χ4n) is 39.5. The molecular formula is C92H148BN5O15. The highest BCUT2D eigenvalue weighted by Gasteiger charge is 2.72. The summed E-state index contributed by atoms with van der Waals surface area (Å²) in [6, 6.07) is -1.34. The highest BCUT2D eigenvalue weighted by molar-refractivity contribution is 6.43. The number of aliphatic hydroxyl groups is 2. The maximum Gasteiger partial charge on any atom is 0.475 e. The summed E-state index contributed by atoms with van der Waals surface area (Å²) >= 11 is 0. The molecule has 0 aromatic heterocycles. The molecule has 15 unspecified atom stereocenters. The Hall–Kier alpha value is -4.01. The van der Waals surface area contributed by atoms with Crippen LogP contribution in [0.15, 0.2) is 5.11 Å². The van der Waals surface area contributed by atoms with Gasteiger partial charge in [-0.05, 0) is 371 Å². The van der Waals surface area contributed by atoms with Gasteiger partial charge in [-0.15, -0.1) is 0 Å². The zero-order valence-electron chi connectivity index (χ0n) is 72.5. The van der Waals surface area contributed by atoms with Gasteiger partial charge in [0.1, 0.15) is 6.04 Å². The third-order valence-electron chi connectivity index (χ3n) is 35.9. The molecule has 113 heavy (non-hydrogen) atoms. The number of rotatable bonds is 14. The Labute approximate surface area is 676 Å². The van der Waals surface area contributed by atoms with Crippen molar-refractivity contribution in [2.45, 2.75) is 383 Å². The smallest absolute Gasteiger partial charge is 0.475 e. The summed E-state index contributed by atoms with van der Waals surface area (Å²) in [5.74, 6) is -0.331. The van der Waals surface area contributed by atoms with Gasteiger partial charge in [-0.1, -0.05) is 102 Å². The van der Waals surface area contributed by atoms with E-state index in [2.05, 4.69) is 93.1 Å². The molecule has 17 atom stereocenters. The van der Waals surface area contributed by atoms with Crippen molar-refractivity contribution in [2.75, 3.05) is 20.8 Å². The van der Waals surface area contributed by atoms with Crippen molar-refractivity contribution >= 4 is 42.9 Å². The van der Waals surface area contributed by atoms with Crippen LogP contribution in [0.3, 0.4) is 0 Å². The number of carboxylic acids is 3. The van der Waals surface area contributed by atoms with Crippen molar-refractivity contribution in [3.8, 4) is 0 Å². The van der Waals surface area contributed by atoms with Crippen molar-refractivity contribution < 1.29 is 73.8 Å². The molecule has 1 saturated heterocycles. The van der Waals surface area contributed by atoms with E-state index in [1.165, 1.54) is 136 Å². The van der Waals surface area contributed by atoms with E-state index in [1.807, 2.05) is 13.8 Å². The van der Waals surface area contributed by atoms with Gasteiger partial charge in [0.25, 0.3) is 0 Å². The summed E-state index contributed by atoms with van der Waals surface area (Å²) in [4.78, 5) is 75.5. The van der Waals surface area contributed by atoms with Crippen molar-refractivity contribution in [1.82, 2.24) is 4.90 Å². The van der Waals surface area contributed by atoms with Gasteiger partial charge < -0.3 is 55.7 Å². The van der Waals surface area contributed by atoms with Crippen LogP contribution < -0.4 is 5.73 Å². The number of likely N-dealkylation sites (tertiary alicyclic amines) is 1. The van der Waals surface area contributed by atoms with Crippen LogP contribution in [-0.4, -0.2) is 133 Å². The number of nitrogens with two attached hydrogens (primary N) is 1. The van der Waals surface area contributed by atoms with Crippen LogP contribution in [0.5, 0.6) is 0 Å². The second-order valence-corrected chi connectivity index (χ2v) is 50.5. The van der Waals surface area contributed by atoms with Gasteiger partial charge >= 0.3 is 37.0 Å². The Morgan fingerprint density at radius 1 is 0.442 bits per heavy atom. The first-order chi connectivity index (χ1) is 51.9. The molecule has 20 nitrogen and oxygen atoms in total. The van der Waals surface area contributed by atoms with E-state index in [4.69, 9.17) is 25.8 Å². The fourth-order valence-corrected chi connectivity index (χ4v) is 39.5. The Morgan fingerprint density at radius 3 is 1.11 bits per heavy atom. The minimum atomic E-state index is -1.52. The SMILES string of the molecule is CC(C(=O)O)C12CC3(C)CC(C)(CC(O)(C3)C1)C2.CC(C(=O)O)C12CC3CC(C)(CC(C)(C3)C1)C2.CC12CC3(C)CC(O)(C1)CC([C@H](N)C(=O)N1CCC[C@H]1B(O)O)(C2)C3.CC12CC3CC(C)(C1)CC(CC(=O)O)(C3)C2.COC(=O)C(N=[N+]=[N-])C12CC3CC(C)(CC(C)(C3)C1)C2.COC(=O)CC12CC3CC(C)(CC(C)(C3)C1)C2. The average molecular weight is 1580 g/mol. The fraction of sp³-hybridized carbons (Fsp3) is 0.935. The first-order valence-corrected chi connectivity index (χ1v) is 44.6. The predicted octanol–water partition coefficient (Wildman–Crippen LogP) is 17.8. The first kappa shape index (κ1) is 85.4. The Balaban J connectivity index is 0.000000113. The Kier molecular flexibility index (Phi) is 20.8. The number of nitrogens with zero attached hydrogens (tertiary/aromatic N) is 4. The van der Waals surface area contributed by atoms with Crippen LogP contribution in [0.1, 0.15) is 354 Å². The third kappa shape index (κ3) is 16.0. The molecular weight excluding hydrogens is 1430 g/mol. The second kappa shape index (κ2) is 27.5. The van der Waals surface area contributed by atoms with E-state index in [9.17, 15) is 59.2 Å². The maximum absolute atomic E-state index is 13.2. The molecule has 1 amide bonds. The molecule has 1 aliphatic heterocycles. The molecule has 24 saturated carbocycles. The van der Waals surface area contributed by atoms with E-state index in [0.29, 0.717) is 87.9 Å². The van der Waals surface area contributed by atoms with Crippen molar-refractivity contribution in [2.24, 2.45) is 144 Å². The second-order valence-electron chi connectivity index (χ2n) is 50.5. The predicted molar refractivity (Wildman–Crippen MR) is 432 cm³/mol. The molecule has 1 heterocycles. The van der Waals surface area contributed by atoms with Gasteiger partial charge in [0.05, 0.1) is 62.1 Å². The molecule has 0 radical (unpaired) electrons. The molecule has 21 heteroatoms.